The minimum Gasteiger partial charge on any atom is -0.501 e. The fraction of sp³-hybridized carbons (Fsp3) is 0.320. The molecule has 1 amide bonds. The van der Waals surface area contributed by atoms with Gasteiger partial charge in [-0.3, -0.25) is 14.2 Å². The molecule has 2 heterocycles. The van der Waals surface area contributed by atoms with Gasteiger partial charge in [-0.15, -0.1) is 0 Å². The number of ether oxygens (including phenoxy) is 1. The van der Waals surface area contributed by atoms with Crippen LogP contribution in [-0.2, 0) is 24.9 Å². The lowest BCUT2D eigenvalue weighted by molar-refractivity contribution is 0.00930. The molecule has 2 aromatic carbocycles. The van der Waals surface area contributed by atoms with Gasteiger partial charge in [0.25, 0.3) is 11.5 Å². The lowest BCUT2D eigenvalue weighted by Crippen LogP contribution is -2.40. The van der Waals surface area contributed by atoms with Crippen molar-refractivity contribution in [3.8, 4) is 5.75 Å². The van der Waals surface area contributed by atoms with E-state index in [1.54, 1.807) is 12.1 Å². The second kappa shape index (κ2) is 10.6. The molecule has 4 rings (SSSR count). The first-order chi connectivity index (χ1) is 16.4. The van der Waals surface area contributed by atoms with Crippen molar-refractivity contribution in [3.05, 3.63) is 93.4 Å². The predicted molar refractivity (Wildman–Crippen MR) is 124 cm³/mol. The van der Waals surface area contributed by atoms with Crippen molar-refractivity contribution in [3.63, 3.8) is 0 Å². The highest BCUT2D eigenvalue weighted by Crippen LogP contribution is 2.25. The van der Waals surface area contributed by atoms with Crippen molar-refractivity contribution < 1.29 is 19.0 Å². The highest BCUT2D eigenvalue weighted by molar-refractivity contribution is 5.94. The zero-order valence-corrected chi connectivity index (χ0v) is 18.8. The van der Waals surface area contributed by atoms with Crippen LogP contribution in [0.5, 0.6) is 5.75 Å². The van der Waals surface area contributed by atoms with Crippen molar-refractivity contribution >= 4 is 5.91 Å². The summed E-state index contributed by atoms with van der Waals surface area (Å²) in [5, 5.41) is 16.3. The monoisotopic (exact) mass is 466 g/mol. The number of halogens is 1. The van der Waals surface area contributed by atoms with E-state index >= 15 is 0 Å². The van der Waals surface area contributed by atoms with Gasteiger partial charge in [0.15, 0.2) is 5.69 Å². The van der Waals surface area contributed by atoms with Crippen LogP contribution in [0.2, 0.25) is 0 Å². The summed E-state index contributed by atoms with van der Waals surface area (Å²) < 4.78 is 20.4. The maximum absolute atomic E-state index is 13.1. The van der Waals surface area contributed by atoms with Gasteiger partial charge in [0.2, 0.25) is 5.75 Å². The number of rotatable bonds is 7. The molecule has 1 aliphatic heterocycles. The molecular weight excluding hydrogens is 439 g/mol. The molecule has 178 valence electrons. The molecule has 0 aliphatic carbocycles. The quantitative estimate of drug-likeness (QED) is 0.494. The van der Waals surface area contributed by atoms with Crippen molar-refractivity contribution in [2.45, 2.75) is 38.1 Å². The number of nitrogens with one attached hydrogen (secondary N) is 2. The molecule has 0 spiro atoms. The fourth-order valence-electron chi connectivity index (χ4n) is 3.96. The Balaban J connectivity index is 1.48. The van der Waals surface area contributed by atoms with Crippen molar-refractivity contribution in [1.82, 2.24) is 20.2 Å². The Labute approximate surface area is 196 Å². The van der Waals surface area contributed by atoms with Gasteiger partial charge in [-0.2, -0.15) is 0 Å². The third-order valence-corrected chi connectivity index (χ3v) is 5.88. The summed E-state index contributed by atoms with van der Waals surface area (Å²) in [6.45, 7) is 1.24. The van der Waals surface area contributed by atoms with Crippen LogP contribution in [0, 0.1) is 5.82 Å². The van der Waals surface area contributed by atoms with Crippen LogP contribution in [0.15, 0.2) is 59.4 Å². The maximum atomic E-state index is 13.1. The zero-order valence-electron chi connectivity index (χ0n) is 18.8. The predicted octanol–water partition coefficient (Wildman–Crippen LogP) is 2.56. The van der Waals surface area contributed by atoms with Gasteiger partial charge in [0.1, 0.15) is 11.6 Å². The van der Waals surface area contributed by atoms with Crippen molar-refractivity contribution in [2.75, 3.05) is 6.54 Å². The van der Waals surface area contributed by atoms with E-state index in [0.29, 0.717) is 31.0 Å². The Morgan fingerprint density at radius 3 is 2.68 bits per heavy atom. The van der Waals surface area contributed by atoms with E-state index in [1.807, 2.05) is 30.3 Å². The van der Waals surface area contributed by atoms with E-state index < -0.39 is 17.2 Å². The minimum absolute atomic E-state index is 0.0482. The van der Waals surface area contributed by atoms with Crippen molar-refractivity contribution in [2.24, 2.45) is 7.05 Å². The Bertz CT molecular complexity index is 1200. The van der Waals surface area contributed by atoms with E-state index in [1.165, 1.54) is 23.7 Å². The Morgan fingerprint density at radius 1 is 1.21 bits per heavy atom. The second-order valence-corrected chi connectivity index (χ2v) is 8.29. The topological polar surface area (TPSA) is 105 Å². The first-order valence-electron chi connectivity index (χ1n) is 11.1. The van der Waals surface area contributed by atoms with Crippen LogP contribution in [0.1, 0.15) is 46.3 Å². The largest absolute Gasteiger partial charge is 0.501 e. The molecule has 0 saturated carbocycles. The number of piperidine rings is 1. The SMILES string of the molecule is Cn1c(C2CC(OCc3ccccc3)CCN2)nc(C(=O)NCc2ccc(F)cc2)c(O)c1=O. The lowest BCUT2D eigenvalue weighted by Gasteiger charge is -2.31. The van der Waals surface area contributed by atoms with E-state index in [2.05, 4.69) is 15.6 Å². The Hall–Kier alpha value is -3.56. The Morgan fingerprint density at radius 2 is 1.94 bits per heavy atom. The molecule has 3 aromatic rings. The summed E-state index contributed by atoms with van der Waals surface area (Å²) in [6, 6.07) is 15.2. The molecule has 1 saturated heterocycles. The van der Waals surface area contributed by atoms with Crippen LogP contribution in [-0.4, -0.2) is 33.2 Å². The van der Waals surface area contributed by atoms with Gasteiger partial charge in [0.05, 0.1) is 18.8 Å². The molecule has 1 aromatic heterocycles. The molecule has 2 unspecified atom stereocenters. The normalized spacial score (nSPS) is 17.9. The molecule has 34 heavy (non-hydrogen) atoms. The number of benzene rings is 2. The number of carbonyl (C=O) groups excluding carboxylic acids is 1. The van der Waals surface area contributed by atoms with Crippen LogP contribution in [0.3, 0.4) is 0 Å². The Kier molecular flexibility index (Phi) is 7.34. The van der Waals surface area contributed by atoms with E-state index in [9.17, 15) is 19.1 Å². The molecular formula is C25H27FN4O4. The van der Waals surface area contributed by atoms with Gasteiger partial charge in [-0.25, -0.2) is 9.37 Å². The molecule has 2 atom stereocenters. The van der Waals surface area contributed by atoms with Gasteiger partial charge in [-0.05, 0) is 42.6 Å². The third-order valence-electron chi connectivity index (χ3n) is 5.88. The van der Waals surface area contributed by atoms with E-state index in [4.69, 9.17) is 4.74 Å². The number of aromatic nitrogens is 2. The van der Waals surface area contributed by atoms with Crippen LogP contribution in [0.25, 0.3) is 0 Å². The van der Waals surface area contributed by atoms with Gasteiger partial charge in [0, 0.05) is 13.6 Å². The summed E-state index contributed by atoms with van der Waals surface area (Å²) in [6.07, 6.45) is 1.32. The molecule has 0 bridgehead atoms. The number of amides is 1. The summed E-state index contributed by atoms with van der Waals surface area (Å²) in [7, 11) is 1.51. The first-order valence-corrected chi connectivity index (χ1v) is 11.1. The molecule has 3 N–H and O–H groups in total. The average Bonchev–Trinajstić information content (AvgIpc) is 2.86. The van der Waals surface area contributed by atoms with Crippen LogP contribution in [0.4, 0.5) is 4.39 Å². The van der Waals surface area contributed by atoms with Crippen LogP contribution < -0.4 is 16.2 Å². The number of hydrogen-bond donors (Lipinski definition) is 3. The number of aromatic hydroxyl groups is 1. The average molecular weight is 467 g/mol. The molecule has 1 fully saturated rings. The number of nitrogens with zero attached hydrogens (tertiary/aromatic N) is 2. The molecule has 0 radical (unpaired) electrons. The van der Waals surface area contributed by atoms with Gasteiger partial charge in [-0.1, -0.05) is 42.5 Å². The third kappa shape index (κ3) is 5.49. The smallest absolute Gasteiger partial charge is 0.296 e. The fourth-order valence-corrected chi connectivity index (χ4v) is 3.96. The highest BCUT2D eigenvalue weighted by Gasteiger charge is 2.29. The molecule has 1 aliphatic rings. The molecule has 9 heteroatoms. The highest BCUT2D eigenvalue weighted by atomic mass is 19.1. The van der Waals surface area contributed by atoms with Crippen LogP contribution >= 0.6 is 0 Å². The summed E-state index contributed by atoms with van der Waals surface area (Å²) in [4.78, 5) is 29.7. The summed E-state index contributed by atoms with van der Waals surface area (Å²) in [5.41, 5.74) is 0.707. The van der Waals surface area contributed by atoms with Gasteiger partial charge < -0.3 is 20.5 Å². The first kappa shape index (κ1) is 23.6. The van der Waals surface area contributed by atoms with E-state index in [0.717, 1.165) is 12.0 Å². The molecule has 8 nitrogen and oxygen atoms in total. The standard InChI is InChI=1S/C25H27FN4O4/c1-30-23(20-13-19(11-12-27-20)34-15-17-5-3-2-4-6-17)29-21(22(31)25(30)33)24(32)28-14-16-7-9-18(26)10-8-16/h2-10,19-20,27,31H,11-15H2,1H3,(H,28,32). The summed E-state index contributed by atoms with van der Waals surface area (Å²) in [5.74, 6) is -1.43. The maximum Gasteiger partial charge on any atom is 0.296 e. The minimum atomic E-state index is -0.712. The summed E-state index contributed by atoms with van der Waals surface area (Å²) >= 11 is 0. The number of carbonyl (C=O) groups is 1. The lowest BCUT2D eigenvalue weighted by atomic mass is 10.0. The number of hydrogen-bond acceptors (Lipinski definition) is 6. The van der Waals surface area contributed by atoms with Gasteiger partial charge >= 0.3 is 0 Å². The van der Waals surface area contributed by atoms with E-state index in [-0.39, 0.29) is 30.2 Å². The second-order valence-electron chi connectivity index (χ2n) is 8.29. The zero-order chi connectivity index (χ0) is 24.1. The van der Waals surface area contributed by atoms with Crippen molar-refractivity contribution in [1.29, 1.82) is 0 Å².